The Morgan fingerprint density at radius 1 is 1.30 bits per heavy atom. The molecule has 1 aromatic heterocycles. The number of amides is 1. The maximum atomic E-state index is 12.8. The average Bonchev–Trinajstić information content (AvgIpc) is 3.11. The Morgan fingerprint density at radius 2 is 2.10 bits per heavy atom. The summed E-state index contributed by atoms with van der Waals surface area (Å²) in [6, 6.07) is 9.54. The lowest BCUT2D eigenvalue weighted by Crippen LogP contribution is -2.25. The monoisotopic (exact) mass is 272 g/mol. The van der Waals surface area contributed by atoms with E-state index in [4.69, 9.17) is 4.42 Å². The van der Waals surface area contributed by atoms with Crippen LogP contribution in [0, 0.1) is 5.82 Å². The van der Waals surface area contributed by atoms with Crippen molar-refractivity contribution in [2.75, 3.05) is 6.54 Å². The van der Waals surface area contributed by atoms with Gasteiger partial charge in [-0.15, -0.1) is 0 Å². The molecule has 0 saturated carbocycles. The highest BCUT2D eigenvalue weighted by Gasteiger charge is 2.22. The predicted octanol–water partition coefficient (Wildman–Crippen LogP) is 2.60. The third-order valence-corrected chi connectivity index (χ3v) is 3.16. The molecule has 0 spiro atoms. The Hall–Kier alpha value is -2.43. The van der Waals surface area contributed by atoms with Gasteiger partial charge in [0.25, 0.3) is 0 Å². The van der Waals surface area contributed by atoms with Crippen LogP contribution >= 0.6 is 0 Å². The SMILES string of the molecule is O=C(Cc1ccc(F)cc1)N1CCC(c2ccco2)=N1. The van der Waals surface area contributed by atoms with Gasteiger partial charge in [0.1, 0.15) is 17.3 Å². The van der Waals surface area contributed by atoms with Gasteiger partial charge in [-0.25, -0.2) is 9.40 Å². The first-order chi connectivity index (χ1) is 9.72. The van der Waals surface area contributed by atoms with E-state index in [2.05, 4.69) is 5.10 Å². The molecular weight excluding hydrogens is 259 g/mol. The molecule has 0 atom stereocenters. The molecule has 102 valence electrons. The summed E-state index contributed by atoms with van der Waals surface area (Å²) in [5.74, 6) is 0.292. The minimum Gasteiger partial charge on any atom is -0.463 e. The topological polar surface area (TPSA) is 45.8 Å². The van der Waals surface area contributed by atoms with Crippen molar-refractivity contribution in [3.05, 3.63) is 59.8 Å². The second kappa shape index (κ2) is 5.28. The Balaban J connectivity index is 1.68. The van der Waals surface area contributed by atoms with Gasteiger partial charge in [-0.3, -0.25) is 4.79 Å². The number of hydrazone groups is 1. The predicted molar refractivity (Wildman–Crippen MR) is 71.7 cm³/mol. The Kier molecular flexibility index (Phi) is 3.33. The van der Waals surface area contributed by atoms with Crippen LogP contribution in [0.2, 0.25) is 0 Å². The van der Waals surface area contributed by atoms with Gasteiger partial charge in [-0.05, 0) is 29.8 Å². The summed E-state index contributed by atoms with van der Waals surface area (Å²) >= 11 is 0. The standard InChI is InChI=1S/C15H13FN2O2/c16-12-5-3-11(4-6-12)10-15(19)18-8-7-13(17-18)14-2-1-9-20-14/h1-6,9H,7-8,10H2. The zero-order valence-corrected chi connectivity index (χ0v) is 10.8. The smallest absolute Gasteiger partial charge is 0.247 e. The Morgan fingerprint density at radius 3 is 2.80 bits per heavy atom. The normalized spacial score (nSPS) is 14.4. The molecule has 0 saturated heterocycles. The second-order valence-electron chi connectivity index (χ2n) is 4.59. The molecule has 20 heavy (non-hydrogen) atoms. The van der Waals surface area contributed by atoms with Gasteiger partial charge in [-0.1, -0.05) is 12.1 Å². The fourth-order valence-corrected chi connectivity index (χ4v) is 2.12. The van der Waals surface area contributed by atoms with Gasteiger partial charge in [0.2, 0.25) is 5.91 Å². The molecule has 3 rings (SSSR count). The van der Waals surface area contributed by atoms with Crippen molar-refractivity contribution in [3.63, 3.8) is 0 Å². The van der Waals surface area contributed by atoms with E-state index in [1.165, 1.54) is 17.1 Å². The van der Waals surface area contributed by atoms with Crippen LogP contribution in [0.5, 0.6) is 0 Å². The van der Waals surface area contributed by atoms with E-state index in [1.807, 2.05) is 6.07 Å². The summed E-state index contributed by atoms with van der Waals surface area (Å²) in [5.41, 5.74) is 1.56. The van der Waals surface area contributed by atoms with Gasteiger partial charge >= 0.3 is 0 Å². The first-order valence-electron chi connectivity index (χ1n) is 6.38. The minimum atomic E-state index is -0.305. The molecule has 0 radical (unpaired) electrons. The number of hydrogen-bond acceptors (Lipinski definition) is 3. The summed E-state index contributed by atoms with van der Waals surface area (Å²) in [7, 11) is 0. The number of nitrogens with zero attached hydrogens (tertiary/aromatic N) is 2. The molecule has 4 nitrogen and oxygen atoms in total. The zero-order chi connectivity index (χ0) is 13.9. The maximum absolute atomic E-state index is 12.8. The van der Waals surface area contributed by atoms with Crippen molar-refractivity contribution >= 4 is 11.6 Å². The molecule has 0 bridgehead atoms. The van der Waals surface area contributed by atoms with E-state index in [-0.39, 0.29) is 18.1 Å². The largest absolute Gasteiger partial charge is 0.463 e. The molecule has 2 heterocycles. The first-order valence-corrected chi connectivity index (χ1v) is 6.38. The van der Waals surface area contributed by atoms with Crippen LogP contribution in [0.1, 0.15) is 17.7 Å². The van der Waals surface area contributed by atoms with Gasteiger partial charge in [0.15, 0.2) is 0 Å². The molecule has 0 N–H and O–H groups in total. The number of carbonyl (C=O) groups excluding carboxylic acids is 1. The van der Waals surface area contributed by atoms with E-state index >= 15 is 0 Å². The van der Waals surface area contributed by atoms with Crippen molar-refractivity contribution in [2.24, 2.45) is 5.10 Å². The zero-order valence-electron chi connectivity index (χ0n) is 10.8. The van der Waals surface area contributed by atoms with Gasteiger partial charge in [0.05, 0.1) is 19.2 Å². The van der Waals surface area contributed by atoms with E-state index in [9.17, 15) is 9.18 Å². The summed E-state index contributed by atoms with van der Waals surface area (Å²) in [5, 5.41) is 5.72. The van der Waals surface area contributed by atoms with E-state index < -0.39 is 0 Å². The Bertz CT molecular complexity index is 632. The highest BCUT2D eigenvalue weighted by molar-refractivity contribution is 6.00. The number of furan rings is 1. The van der Waals surface area contributed by atoms with Gasteiger partial charge in [-0.2, -0.15) is 5.10 Å². The Labute approximate surface area is 115 Å². The number of rotatable bonds is 3. The van der Waals surface area contributed by atoms with Gasteiger partial charge < -0.3 is 4.42 Å². The van der Waals surface area contributed by atoms with Crippen LogP contribution in [0.3, 0.4) is 0 Å². The van der Waals surface area contributed by atoms with Crippen molar-refractivity contribution in [2.45, 2.75) is 12.8 Å². The molecule has 0 aliphatic carbocycles. The number of carbonyl (C=O) groups is 1. The minimum absolute atomic E-state index is 0.0989. The van der Waals surface area contributed by atoms with Crippen LogP contribution in [0.4, 0.5) is 4.39 Å². The molecule has 1 amide bonds. The molecule has 1 aromatic carbocycles. The lowest BCUT2D eigenvalue weighted by molar-refractivity contribution is -0.130. The van der Waals surface area contributed by atoms with Gasteiger partial charge in [0, 0.05) is 6.42 Å². The van der Waals surface area contributed by atoms with Crippen molar-refractivity contribution in [1.82, 2.24) is 5.01 Å². The molecule has 1 aliphatic heterocycles. The quantitative estimate of drug-likeness (QED) is 0.862. The maximum Gasteiger partial charge on any atom is 0.247 e. The lowest BCUT2D eigenvalue weighted by Gasteiger charge is -2.11. The molecule has 0 fully saturated rings. The molecule has 0 unspecified atom stereocenters. The molecular formula is C15H13FN2O2. The van der Waals surface area contributed by atoms with Crippen molar-refractivity contribution in [1.29, 1.82) is 0 Å². The third kappa shape index (κ3) is 2.61. The highest BCUT2D eigenvalue weighted by atomic mass is 19.1. The second-order valence-corrected chi connectivity index (χ2v) is 4.59. The fourth-order valence-electron chi connectivity index (χ4n) is 2.12. The summed E-state index contributed by atoms with van der Waals surface area (Å²) in [6.45, 7) is 0.552. The van der Waals surface area contributed by atoms with E-state index in [0.717, 1.165) is 11.3 Å². The summed E-state index contributed by atoms with van der Waals surface area (Å²) in [6.07, 6.45) is 2.48. The number of benzene rings is 1. The van der Waals surface area contributed by atoms with Crippen LogP contribution in [0.25, 0.3) is 0 Å². The molecule has 2 aromatic rings. The summed E-state index contributed by atoms with van der Waals surface area (Å²) < 4.78 is 18.1. The summed E-state index contributed by atoms with van der Waals surface area (Å²) in [4.78, 5) is 12.1. The molecule has 1 aliphatic rings. The lowest BCUT2D eigenvalue weighted by atomic mass is 10.1. The van der Waals surface area contributed by atoms with Crippen LogP contribution in [-0.4, -0.2) is 23.2 Å². The first kappa shape index (κ1) is 12.6. The highest BCUT2D eigenvalue weighted by Crippen LogP contribution is 2.15. The average molecular weight is 272 g/mol. The van der Waals surface area contributed by atoms with E-state index in [1.54, 1.807) is 24.5 Å². The van der Waals surface area contributed by atoms with Crippen LogP contribution < -0.4 is 0 Å². The number of halogens is 1. The molecule has 5 heteroatoms. The van der Waals surface area contributed by atoms with E-state index in [0.29, 0.717) is 18.7 Å². The van der Waals surface area contributed by atoms with Crippen molar-refractivity contribution < 1.29 is 13.6 Å². The number of hydrogen-bond donors (Lipinski definition) is 0. The van der Waals surface area contributed by atoms with Crippen molar-refractivity contribution in [3.8, 4) is 0 Å². The van der Waals surface area contributed by atoms with Crippen LogP contribution in [0.15, 0.2) is 52.2 Å². The third-order valence-electron chi connectivity index (χ3n) is 3.16. The van der Waals surface area contributed by atoms with Crippen LogP contribution in [-0.2, 0) is 11.2 Å². The fraction of sp³-hybridized carbons (Fsp3) is 0.200.